The second-order valence-corrected chi connectivity index (χ2v) is 8.12. The molecule has 0 atom stereocenters. The first kappa shape index (κ1) is 19.1. The Balaban J connectivity index is 1.67. The molecule has 7 heteroatoms. The molecule has 0 saturated heterocycles. The minimum absolute atomic E-state index is 0.363. The molecule has 0 unspecified atom stereocenters. The largest absolute Gasteiger partial charge is 0.422 e. The zero-order valence-corrected chi connectivity index (χ0v) is 17.7. The maximum absolute atomic E-state index is 12.4. The Labute approximate surface area is 179 Å². The van der Waals surface area contributed by atoms with E-state index in [1.165, 1.54) is 11.3 Å². The van der Waals surface area contributed by atoms with Gasteiger partial charge in [0.1, 0.15) is 22.2 Å². The van der Waals surface area contributed by atoms with Crippen molar-refractivity contribution in [2.75, 3.05) is 5.32 Å². The van der Waals surface area contributed by atoms with Crippen LogP contribution in [0.15, 0.2) is 73.8 Å². The molecule has 2 aromatic heterocycles. The second-order valence-electron chi connectivity index (χ2n) is 6.35. The van der Waals surface area contributed by atoms with Crippen LogP contribution in [0.1, 0.15) is 10.6 Å². The molecule has 0 radical (unpaired) electrons. The van der Waals surface area contributed by atoms with Crippen molar-refractivity contribution in [1.29, 1.82) is 5.26 Å². The lowest BCUT2D eigenvalue weighted by Crippen LogP contribution is -2.03. The van der Waals surface area contributed by atoms with E-state index < -0.39 is 5.63 Å². The second kappa shape index (κ2) is 8.03. The number of nitriles is 1. The molecule has 0 fully saturated rings. The molecule has 5 nitrogen and oxygen atoms in total. The van der Waals surface area contributed by atoms with Gasteiger partial charge in [0.2, 0.25) is 0 Å². The Bertz CT molecular complexity index is 1350. The molecule has 29 heavy (non-hydrogen) atoms. The van der Waals surface area contributed by atoms with Crippen molar-refractivity contribution in [3.63, 3.8) is 0 Å². The Morgan fingerprint density at radius 2 is 2.14 bits per heavy atom. The van der Waals surface area contributed by atoms with Gasteiger partial charge in [-0.25, -0.2) is 9.78 Å². The molecular weight excluding hydrogens is 450 g/mol. The number of fused-ring (bicyclic) bond motifs is 1. The van der Waals surface area contributed by atoms with Crippen LogP contribution in [-0.4, -0.2) is 4.98 Å². The topological polar surface area (TPSA) is 78.9 Å². The predicted octanol–water partition coefficient (Wildman–Crippen LogP) is 5.96. The van der Waals surface area contributed by atoms with Gasteiger partial charge in [-0.05, 0) is 48.9 Å². The summed E-state index contributed by atoms with van der Waals surface area (Å²) in [4.78, 5) is 16.9. The van der Waals surface area contributed by atoms with Gasteiger partial charge in [0.15, 0.2) is 0 Å². The summed E-state index contributed by atoms with van der Waals surface area (Å²) in [5.41, 5.74) is 3.29. The molecule has 0 amide bonds. The molecule has 0 saturated carbocycles. The summed E-state index contributed by atoms with van der Waals surface area (Å²) in [5, 5.41) is 15.7. The van der Waals surface area contributed by atoms with Gasteiger partial charge in [0.25, 0.3) is 0 Å². The molecule has 4 rings (SSSR count). The highest BCUT2D eigenvalue weighted by atomic mass is 79.9. The molecular formula is C22H14BrN3O2S. The monoisotopic (exact) mass is 463 g/mol. The van der Waals surface area contributed by atoms with Gasteiger partial charge in [-0.1, -0.05) is 28.1 Å². The summed E-state index contributed by atoms with van der Waals surface area (Å²) < 4.78 is 6.30. The first-order chi connectivity index (χ1) is 14.0. The van der Waals surface area contributed by atoms with E-state index in [9.17, 15) is 10.1 Å². The predicted molar refractivity (Wildman–Crippen MR) is 120 cm³/mol. The fraction of sp³-hybridized carbons (Fsp3) is 0.0455. The lowest BCUT2D eigenvalue weighted by molar-refractivity contribution is 0.563. The number of rotatable bonds is 4. The van der Waals surface area contributed by atoms with Crippen LogP contribution in [0.5, 0.6) is 0 Å². The highest BCUT2D eigenvalue weighted by Gasteiger charge is 2.14. The maximum Gasteiger partial charge on any atom is 0.345 e. The summed E-state index contributed by atoms with van der Waals surface area (Å²) in [5.74, 6) is 0. The highest BCUT2D eigenvalue weighted by Crippen LogP contribution is 2.27. The number of nitrogens with one attached hydrogen (secondary N) is 1. The summed E-state index contributed by atoms with van der Waals surface area (Å²) in [6.45, 7) is 2.00. The van der Waals surface area contributed by atoms with Gasteiger partial charge in [-0.2, -0.15) is 5.26 Å². The quantitative estimate of drug-likeness (QED) is 0.298. The number of aryl methyl sites for hydroxylation is 1. The van der Waals surface area contributed by atoms with Crippen LogP contribution in [-0.2, 0) is 0 Å². The van der Waals surface area contributed by atoms with Crippen molar-refractivity contribution >= 4 is 49.5 Å². The van der Waals surface area contributed by atoms with E-state index in [0.717, 1.165) is 21.1 Å². The van der Waals surface area contributed by atoms with Crippen molar-refractivity contribution in [3.05, 3.63) is 85.6 Å². The van der Waals surface area contributed by atoms with Crippen LogP contribution in [0.25, 0.3) is 27.8 Å². The van der Waals surface area contributed by atoms with Crippen LogP contribution in [0, 0.1) is 18.3 Å². The Hall–Kier alpha value is -3.21. The maximum atomic E-state index is 12.4. The van der Waals surface area contributed by atoms with Crippen molar-refractivity contribution in [3.8, 4) is 17.3 Å². The smallest absolute Gasteiger partial charge is 0.345 e. The number of nitrogens with zero attached hydrogens (tertiary/aromatic N) is 2. The van der Waals surface area contributed by atoms with Crippen LogP contribution < -0.4 is 10.9 Å². The molecule has 0 bridgehead atoms. The minimum Gasteiger partial charge on any atom is -0.422 e. The number of halogens is 1. The normalized spacial score (nSPS) is 11.4. The van der Waals surface area contributed by atoms with Crippen LogP contribution >= 0.6 is 27.3 Å². The van der Waals surface area contributed by atoms with E-state index in [4.69, 9.17) is 4.42 Å². The van der Waals surface area contributed by atoms with Crippen molar-refractivity contribution in [2.24, 2.45) is 0 Å². The molecule has 4 aromatic rings. The number of hydrogen-bond acceptors (Lipinski definition) is 6. The van der Waals surface area contributed by atoms with Crippen molar-refractivity contribution in [1.82, 2.24) is 4.98 Å². The fourth-order valence-corrected chi connectivity index (χ4v) is 3.99. The van der Waals surface area contributed by atoms with Crippen LogP contribution in [0.3, 0.4) is 0 Å². The molecule has 142 valence electrons. The van der Waals surface area contributed by atoms with E-state index in [1.54, 1.807) is 23.7 Å². The number of benzene rings is 2. The third kappa shape index (κ3) is 4.14. The molecule has 2 aromatic carbocycles. The van der Waals surface area contributed by atoms with Crippen LogP contribution in [0.4, 0.5) is 5.69 Å². The van der Waals surface area contributed by atoms with Gasteiger partial charge in [0.05, 0.1) is 11.3 Å². The van der Waals surface area contributed by atoms with E-state index in [0.29, 0.717) is 27.4 Å². The first-order valence-electron chi connectivity index (χ1n) is 8.66. The molecule has 0 aliphatic rings. The number of allylic oxidation sites excluding steroid dienone is 1. The zero-order chi connectivity index (χ0) is 20.4. The van der Waals surface area contributed by atoms with Crippen LogP contribution in [0.2, 0.25) is 0 Å². The average Bonchev–Trinajstić information content (AvgIpc) is 3.18. The lowest BCUT2D eigenvalue weighted by Gasteiger charge is -2.02. The van der Waals surface area contributed by atoms with E-state index >= 15 is 0 Å². The summed E-state index contributed by atoms with van der Waals surface area (Å²) in [7, 11) is 0. The Kier molecular flexibility index (Phi) is 5.30. The van der Waals surface area contributed by atoms with Crippen molar-refractivity contribution in [2.45, 2.75) is 6.92 Å². The lowest BCUT2D eigenvalue weighted by atomic mass is 10.1. The fourth-order valence-electron chi connectivity index (χ4n) is 2.83. The Morgan fingerprint density at radius 1 is 1.28 bits per heavy atom. The SMILES string of the molecule is Cc1cccc(NC=C(C#N)c2nc(-c3cc4cc(Br)ccc4oc3=O)cs2)c1. The molecule has 0 aliphatic carbocycles. The van der Waals surface area contributed by atoms with Gasteiger partial charge in [-0.3, -0.25) is 0 Å². The van der Waals surface area contributed by atoms with Gasteiger partial charge in [0, 0.05) is 27.1 Å². The summed E-state index contributed by atoms with van der Waals surface area (Å²) >= 11 is 4.72. The number of hydrogen-bond donors (Lipinski definition) is 1. The molecule has 0 aliphatic heterocycles. The Morgan fingerprint density at radius 3 is 2.93 bits per heavy atom. The molecule has 0 spiro atoms. The summed E-state index contributed by atoms with van der Waals surface area (Å²) in [6, 6.07) is 17.2. The number of thiazole rings is 1. The van der Waals surface area contributed by atoms with Gasteiger partial charge >= 0.3 is 5.63 Å². The minimum atomic E-state index is -0.461. The van der Waals surface area contributed by atoms with Gasteiger partial charge in [-0.15, -0.1) is 11.3 Å². The number of anilines is 1. The van der Waals surface area contributed by atoms with E-state index in [2.05, 4.69) is 32.3 Å². The third-order valence-electron chi connectivity index (χ3n) is 4.23. The van der Waals surface area contributed by atoms with Gasteiger partial charge < -0.3 is 9.73 Å². The first-order valence-corrected chi connectivity index (χ1v) is 10.3. The number of aromatic nitrogens is 1. The standard InChI is InChI=1S/C22H14BrN3O2S/c1-13-3-2-4-17(7-13)25-11-15(10-24)21-26-19(12-29-21)18-9-14-8-16(23)5-6-20(14)28-22(18)27/h2-9,11-12,25H,1H3. The zero-order valence-electron chi connectivity index (χ0n) is 15.3. The highest BCUT2D eigenvalue weighted by molar-refractivity contribution is 9.10. The van der Waals surface area contributed by atoms with E-state index in [-0.39, 0.29) is 0 Å². The summed E-state index contributed by atoms with van der Waals surface area (Å²) in [6.07, 6.45) is 1.62. The molecule has 1 N–H and O–H groups in total. The van der Waals surface area contributed by atoms with E-state index in [1.807, 2.05) is 43.3 Å². The van der Waals surface area contributed by atoms with Crippen molar-refractivity contribution < 1.29 is 4.42 Å². The molecule has 2 heterocycles. The average molecular weight is 464 g/mol. The third-order valence-corrected chi connectivity index (χ3v) is 5.60.